The summed E-state index contributed by atoms with van der Waals surface area (Å²) in [6.45, 7) is 2.38. The molecular weight excluding hydrogens is 204 g/mol. The summed E-state index contributed by atoms with van der Waals surface area (Å²) in [6, 6.07) is 7.82. The maximum Gasteiger partial charge on any atom is 0.306 e. The van der Waals surface area contributed by atoms with Crippen LogP contribution in [0, 0.1) is 0 Å². The number of unbranched alkanes of at least 4 members (excludes halogenated alkanes) is 1. The number of carbonyl (C=O) groups is 1. The molecule has 0 aliphatic rings. The lowest BCUT2D eigenvalue weighted by Gasteiger charge is -2.10. The standard InChI is InChI=1S/C13H18O3/c1-2-3-6-11-7-4-5-8-12(11)16-10-9-13(14)15/h4-5,7-8H,2-3,6,9-10H2,1H3,(H,14,15). The van der Waals surface area contributed by atoms with Gasteiger partial charge in [-0.05, 0) is 24.5 Å². The number of hydrogen-bond acceptors (Lipinski definition) is 2. The Morgan fingerprint density at radius 1 is 1.38 bits per heavy atom. The molecular formula is C13H18O3. The lowest BCUT2D eigenvalue weighted by atomic mass is 10.1. The van der Waals surface area contributed by atoms with Gasteiger partial charge in [-0.3, -0.25) is 4.79 Å². The Morgan fingerprint density at radius 3 is 2.81 bits per heavy atom. The number of hydrogen-bond donors (Lipinski definition) is 1. The van der Waals surface area contributed by atoms with Crippen LogP contribution in [0.15, 0.2) is 24.3 Å². The van der Waals surface area contributed by atoms with E-state index in [4.69, 9.17) is 9.84 Å². The predicted octanol–water partition coefficient (Wildman–Crippen LogP) is 2.88. The number of aliphatic carboxylic acids is 1. The van der Waals surface area contributed by atoms with Crippen molar-refractivity contribution in [1.82, 2.24) is 0 Å². The number of carboxylic acid groups (broad SMARTS) is 1. The fourth-order valence-corrected chi connectivity index (χ4v) is 1.47. The van der Waals surface area contributed by atoms with Crippen LogP contribution in [0.1, 0.15) is 31.7 Å². The summed E-state index contributed by atoms with van der Waals surface area (Å²) in [5.41, 5.74) is 1.16. The van der Waals surface area contributed by atoms with Crippen LogP contribution in [0.25, 0.3) is 0 Å². The summed E-state index contributed by atoms with van der Waals surface area (Å²) in [7, 11) is 0. The SMILES string of the molecule is CCCCc1ccccc1OCCC(=O)O. The lowest BCUT2D eigenvalue weighted by Crippen LogP contribution is -2.06. The van der Waals surface area contributed by atoms with Crippen molar-refractivity contribution in [2.24, 2.45) is 0 Å². The minimum Gasteiger partial charge on any atom is -0.493 e. The largest absolute Gasteiger partial charge is 0.493 e. The van der Waals surface area contributed by atoms with Gasteiger partial charge >= 0.3 is 5.97 Å². The first-order chi connectivity index (χ1) is 7.74. The topological polar surface area (TPSA) is 46.5 Å². The Bertz CT molecular complexity index is 334. The van der Waals surface area contributed by atoms with Gasteiger partial charge in [0.15, 0.2) is 0 Å². The van der Waals surface area contributed by atoms with Crippen LogP contribution in [-0.4, -0.2) is 17.7 Å². The molecule has 88 valence electrons. The number of benzene rings is 1. The maximum atomic E-state index is 10.4. The van der Waals surface area contributed by atoms with Crippen LogP contribution < -0.4 is 4.74 Å². The van der Waals surface area contributed by atoms with E-state index in [1.807, 2.05) is 24.3 Å². The molecule has 0 aromatic heterocycles. The fourth-order valence-electron chi connectivity index (χ4n) is 1.47. The Kier molecular flexibility index (Phi) is 5.40. The molecule has 0 aliphatic carbocycles. The Morgan fingerprint density at radius 2 is 2.12 bits per heavy atom. The van der Waals surface area contributed by atoms with Gasteiger partial charge in [-0.1, -0.05) is 31.5 Å². The molecule has 0 atom stereocenters. The van der Waals surface area contributed by atoms with Crippen LogP contribution in [0.2, 0.25) is 0 Å². The normalized spacial score (nSPS) is 10.1. The van der Waals surface area contributed by atoms with E-state index in [1.165, 1.54) is 0 Å². The first-order valence-corrected chi connectivity index (χ1v) is 5.66. The van der Waals surface area contributed by atoms with E-state index in [2.05, 4.69) is 6.92 Å². The second kappa shape index (κ2) is 6.88. The second-order valence-electron chi connectivity index (χ2n) is 3.70. The lowest BCUT2D eigenvalue weighted by molar-refractivity contribution is -0.137. The van der Waals surface area contributed by atoms with E-state index in [0.29, 0.717) is 0 Å². The first-order valence-electron chi connectivity index (χ1n) is 5.66. The number of ether oxygens (including phenoxy) is 1. The summed E-state index contributed by atoms with van der Waals surface area (Å²) in [5, 5.41) is 8.52. The van der Waals surface area contributed by atoms with E-state index in [1.54, 1.807) is 0 Å². The summed E-state index contributed by atoms with van der Waals surface area (Å²) in [4.78, 5) is 10.4. The van der Waals surface area contributed by atoms with Crippen molar-refractivity contribution < 1.29 is 14.6 Å². The molecule has 0 spiro atoms. The van der Waals surface area contributed by atoms with Crippen molar-refractivity contribution in [3.63, 3.8) is 0 Å². The highest BCUT2D eigenvalue weighted by Crippen LogP contribution is 2.20. The third kappa shape index (κ3) is 4.34. The van der Waals surface area contributed by atoms with Gasteiger partial charge < -0.3 is 9.84 Å². The zero-order valence-electron chi connectivity index (χ0n) is 9.61. The van der Waals surface area contributed by atoms with Crippen LogP contribution in [0.4, 0.5) is 0 Å². The van der Waals surface area contributed by atoms with Crippen molar-refractivity contribution in [2.45, 2.75) is 32.6 Å². The average molecular weight is 222 g/mol. The molecule has 3 heteroatoms. The quantitative estimate of drug-likeness (QED) is 0.771. The number of rotatable bonds is 7. The highest BCUT2D eigenvalue weighted by atomic mass is 16.5. The molecule has 0 aliphatic heterocycles. The minimum absolute atomic E-state index is 0.0438. The Balaban J connectivity index is 2.52. The van der Waals surface area contributed by atoms with Crippen molar-refractivity contribution in [2.75, 3.05) is 6.61 Å². The van der Waals surface area contributed by atoms with E-state index < -0.39 is 5.97 Å². The molecule has 1 N–H and O–H groups in total. The molecule has 1 aromatic carbocycles. The zero-order valence-corrected chi connectivity index (χ0v) is 9.61. The highest BCUT2D eigenvalue weighted by molar-refractivity contribution is 5.66. The molecule has 1 rings (SSSR count). The summed E-state index contributed by atoms with van der Waals surface area (Å²) < 4.78 is 5.46. The molecule has 0 radical (unpaired) electrons. The van der Waals surface area contributed by atoms with Crippen LogP contribution >= 0.6 is 0 Å². The first kappa shape index (κ1) is 12.6. The van der Waals surface area contributed by atoms with Crippen LogP contribution in [0.3, 0.4) is 0 Å². The van der Waals surface area contributed by atoms with Gasteiger partial charge in [-0.15, -0.1) is 0 Å². The molecule has 1 aromatic rings. The van der Waals surface area contributed by atoms with Crippen molar-refractivity contribution in [3.05, 3.63) is 29.8 Å². The van der Waals surface area contributed by atoms with Gasteiger partial charge in [-0.25, -0.2) is 0 Å². The molecule has 0 saturated heterocycles. The monoisotopic (exact) mass is 222 g/mol. The van der Waals surface area contributed by atoms with E-state index in [-0.39, 0.29) is 13.0 Å². The maximum absolute atomic E-state index is 10.4. The summed E-state index contributed by atoms with van der Waals surface area (Å²) in [6.07, 6.45) is 3.30. The molecule has 0 amide bonds. The van der Waals surface area contributed by atoms with Gasteiger partial charge in [-0.2, -0.15) is 0 Å². The molecule has 0 unspecified atom stereocenters. The second-order valence-corrected chi connectivity index (χ2v) is 3.70. The van der Waals surface area contributed by atoms with Crippen molar-refractivity contribution in [1.29, 1.82) is 0 Å². The van der Waals surface area contributed by atoms with Crippen LogP contribution in [-0.2, 0) is 11.2 Å². The van der Waals surface area contributed by atoms with Gasteiger partial charge in [0, 0.05) is 0 Å². The van der Waals surface area contributed by atoms with Gasteiger partial charge in [0.25, 0.3) is 0 Å². The molecule has 0 saturated carbocycles. The Hall–Kier alpha value is -1.51. The van der Waals surface area contributed by atoms with Crippen LogP contribution in [0.5, 0.6) is 5.75 Å². The van der Waals surface area contributed by atoms with Gasteiger partial charge in [0.05, 0.1) is 13.0 Å². The molecule has 0 bridgehead atoms. The Labute approximate surface area is 96.1 Å². The third-order valence-corrected chi connectivity index (χ3v) is 2.35. The number of aryl methyl sites for hydroxylation is 1. The average Bonchev–Trinajstić information content (AvgIpc) is 2.27. The van der Waals surface area contributed by atoms with E-state index >= 15 is 0 Å². The van der Waals surface area contributed by atoms with Crippen molar-refractivity contribution >= 4 is 5.97 Å². The fraction of sp³-hybridized carbons (Fsp3) is 0.462. The minimum atomic E-state index is -0.828. The smallest absolute Gasteiger partial charge is 0.306 e. The van der Waals surface area contributed by atoms with Gasteiger partial charge in [0.1, 0.15) is 5.75 Å². The molecule has 3 nitrogen and oxygen atoms in total. The number of carboxylic acids is 1. The predicted molar refractivity (Wildman–Crippen MR) is 62.8 cm³/mol. The number of para-hydroxylation sites is 1. The third-order valence-electron chi connectivity index (χ3n) is 2.35. The summed E-state index contributed by atoms with van der Waals surface area (Å²) in [5.74, 6) is -0.0109. The summed E-state index contributed by atoms with van der Waals surface area (Å²) >= 11 is 0. The highest BCUT2D eigenvalue weighted by Gasteiger charge is 2.03. The van der Waals surface area contributed by atoms with Gasteiger partial charge in [0.2, 0.25) is 0 Å². The van der Waals surface area contributed by atoms with Crippen molar-refractivity contribution in [3.8, 4) is 5.75 Å². The molecule has 0 fully saturated rings. The zero-order chi connectivity index (χ0) is 11.8. The molecule has 16 heavy (non-hydrogen) atoms. The van der Waals surface area contributed by atoms with E-state index in [9.17, 15) is 4.79 Å². The molecule has 0 heterocycles. The van der Waals surface area contributed by atoms with E-state index in [0.717, 1.165) is 30.6 Å².